The summed E-state index contributed by atoms with van der Waals surface area (Å²) >= 11 is 0. The van der Waals surface area contributed by atoms with Gasteiger partial charge in [-0.15, -0.1) is 0 Å². The van der Waals surface area contributed by atoms with Crippen molar-refractivity contribution in [3.05, 3.63) is 36.5 Å². The molecule has 0 aromatic rings. The second-order valence-electron chi connectivity index (χ2n) is 4.97. The van der Waals surface area contributed by atoms with Gasteiger partial charge in [0.1, 0.15) is 0 Å². The van der Waals surface area contributed by atoms with Crippen LogP contribution in [0.2, 0.25) is 0 Å². The van der Waals surface area contributed by atoms with Crippen molar-refractivity contribution < 1.29 is 32.3 Å². The number of hydrogen-bond donors (Lipinski definition) is 0. The molecule has 21 heavy (non-hydrogen) atoms. The summed E-state index contributed by atoms with van der Waals surface area (Å²) in [5.74, 6) is -0.925. The van der Waals surface area contributed by atoms with Gasteiger partial charge >= 0.3 is 22.4 Å². The van der Waals surface area contributed by atoms with Gasteiger partial charge in [0, 0.05) is 5.97 Å². The molecule has 0 saturated carbocycles. The van der Waals surface area contributed by atoms with Crippen molar-refractivity contribution in [1.29, 1.82) is 0 Å². The summed E-state index contributed by atoms with van der Waals surface area (Å²) in [7, 11) is 0. The molecular formula is C18H29AgO2. The molecule has 0 aliphatic rings. The first kappa shape index (κ1) is 22.7. The molecule has 0 radical (unpaired) electrons. The molecule has 0 fully saturated rings. The monoisotopic (exact) mass is 384 g/mol. The molecule has 0 heterocycles. The minimum Gasteiger partial charge on any atom is -0.550 e. The fourth-order valence-corrected chi connectivity index (χ4v) is 1.89. The summed E-state index contributed by atoms with van der Waals surface area (Å²) in [4.78, 5) is 10.2. The third-order valence-electron chi connectivity index (χ3n) is 3.03. The van der Waals surface area contributed by atoms with Gasteiger partial charge in [-0.3, -0.25) is 0 Å². The van der Waals surface area contributed by atoms with Gasteiger partial charge in [-0.1, -0.05) is 62.6 Å². The Morgan fingerprint density at radius 1 is 0.810 bits per heavy atom. The number of rotatable bonds is 13. The van der Waals surface area contributed by atoms with Crippen LogP contribution in [0.15, 0.2) is 36.5 Å². The van der Waals surface area contributed by atoms with Crippen LogP contribution in [0.25, 0.3) is 0 Å². The van der Waals surface area contributed by atoms with Crippen molar-refractivity contribution in [3.8, 4) is 0 Å². The smallest absolute Gasteiger partial charge is 0.550 e. The zero-order valence-corrected chi connectivity index (χ0v) is 14.6. The maximum absolute atomic E-state index is 10.2. The van der Waals surface area contributed by atoms with Crippen LogP contribution in [0.1, 0.15) is 71.1 Å². The number of carbonyl (C=O) groups excluding carboxylic acids is 1. The van der Waals surface area contributed by atoms with Crippen molar-refractivity contribution >= 4 is 5.97 Å². The quantitative estimate of drug-likeness (QED) is 0.269. The zero-order chi connectivity index (χ0) is 14.9. The first-order chi connectivity index (χ1) is 9.77. The molecule has 0 unspecified atom stereocenters. The van der Waals surface area contributed by atoms with Gasteiger partial charge in [0.05, 0.1) is 0 Å². The minimum atomic E-state index is -0.925. The Labute approximate surface area is 145 Å². The molecule has 124 valence electrons. The van der Waals surface area contributed by atoms with E-state index in [2.05, 4.69) is 43.4 Å². The first-order valence-corrected chi connectivity index (χ1v) is 7.92. The maximum Gasteiger partial charge on any atom is 1.00 e. The molecule has 0 amide bonds. The predicted octanol–water partition coefficient (Wildman–Crippen LogP) is 4.32. The number of carboxylic acid groups (broad SMARTS) is 1. The number of unbranched alkanes of at least 4 members (excludes halogenated alkanes) is 5. The first-order valence-electron chi connectivity index (χ1n) is 7.92. The molecule has 0 aliphatic heterocycles. The van der Waals surface area contributed by atoms with E-state index < -0.39 is 5.97 Å². The van der Waals surface area contributed by atoms with Gasteiger partial charge in [-0.2, -0.15) is 0 Å². The van der Waals surface area contributed by atoms with E-state index in [1.54, 1.807) is 0 Å². The van der Waals surface area contributed by atoms with E-state index >= 15 is 0 Å². The molecule has 3 heteroatoms. The van der Waals surface area contributed by atoms with Crippen LogP contribution >= 0.6 is 0 Å². The Kier molecular flexibility index (Phi) is 21.0. The Bertz CT molecular complexity index is 306. The zero-order valence-electron chi connectivity index (χ0n) is 13.2. The van der Waals surface area contributed by atoms with Gasteiger partial charge in [-0.05, 0) is 44.9 Å². The fraction of sp³-hybridized carbons (Fsp3) is 0.611. The van der Waals surface area contributed by atoms with Crippen LogP contribution < -0.4 is 5.11 Å². The van der Waals surface area contributed by atoms with E-state index in [1.807, 2.05) is 0 Å². The van der Waals surface area contributed by atoms with Crippen LogP contribution in [-0.2, 0) is 27.2 Å². The summed E-state index contributed by atoms with van der Waals surface area (Å²) in [5, 5.41) is 10.2. The van der Waals surface area contributed by atoms with Crippen LogP contribution in [0.5, 0.6) is 0 Å². The van der Waals surface area contributed by atoms with Gasteiger partial charge in [0.15, 0.2) is 0 Å². The normalized spacial score (nSPS) is 11.5. The standard InChI is InChI=1S/C18H30O2.Ag/c1-2-3-4-5-6-7-8-9-10-11-12-13-14-15-16-17-18(19)20;/h3-4,6-7,9-10H,2,5,8,11-17H2,1H3,(H,19,20);/q;+1/p-1/b4-3-,7-6-,10-9-;. The predicted molar refractivity (Wildman–Crippen MR) is 84.3 cm³/mol. The molecular weight excluding hydrogens is 356 g/mol. The molecule has 0 aromatic carbocycles. The van der Waals surface area contributed by atoms with Crippen molar-refractivity contribution in [2.24, 2.45) is 0 Å². The van der Waals surface area contributed by atoms with Crippen LogP contribution in [0.3, 0.4) is 0 Å². The van der Waals surface area contributed by atoms with Crippen LogP contribution in [-0.4, -0.2) is 5.97 Å². The van der Waals surface area contributed by atoms with E-state index in [-0.39, 0.29) is 28.8 Å². The fourth-order valence-electron chi connectivity index (χ4n) is 1.89. The topological polar surface area (TPSA) is 40.1 Å². The Hall–Kier alpha value is -0.570. The molecule has 0 atom stereocenters. The molecule has 2 nitrogen and oxygen atoms in total. The van der Waals surface area contributed by atoms with E-state index in [0.29, 0.717) is 0 Å². The Morgan fingerprint density at radius 2 is 1.33 bits per heavy atom. The largest absolute Gasteiger partial charge is 1.00 e. The summed E-state index contributed by atoms with van der Waals surface area (Å²) < 4.78 is 0. The number of carboxylic acids is 1. The molecule has 0 aromatic heterocycles. The number of aliphatic carboxylic acids is 1. The number of carbonyl (C=O) groups is 1. The van der Waals surface area contributed by atoms with E-state index in [0.717, 1.165) is 44.9 Å². The van der Waals surface area contributed by atoms with Crippen molar-refractivity contribution in [2.75, 3.05) is 0 Å². The molecule has 0 N–H and O–H groups in total. The minimum absolute atomic E-state index is 0. The van der Waals surface area contributed by atoms with Crippen molar-refractivity contribution in [2.45, 2.75) is 71.1 Å². The van der Waals surface area contributed by atoms with Gasteiger partial charge in [0.25, 0.3) is 0 Å². The summed E-state index contributed by atoms with van der Waals surface area (Å²) in [6.45, 7) is 2.15. The van der Waals surface area contributed by atoms with Gasteiger partial charge in [0.2, 0.25) is 0 Å². The molecule has 0 saturated heterocycles. The second-order valence-corrected chi connectivity index (χ2v) is 4.97. The summed E-state index contributed by atoms with van der Waals surface area (Å²) in [6, 6.07) is 0. The average molecular weight is 385 g/mol. The summed E-state index contributed by atoms with van der Waals surface area (Å²) in [5.41, 5.74) is 0. The van der Waals surface area contributed by atoms with Crippen molar-refractivity contribution in [3.63, 3.8) is 0 Å². The number of hydrogen-bond acceptors (Lipinski definition) is 2. The third kappa shape index (κ3) is 21.9. The molecule has 0 bridgehead atoms. The average Bonchev–Trinajstić information content (AvgIpc) is 2.43. The van der Waals surface area contributed by atoms with Crippen LogP contribution in [0, 0.1) is 0 Å². The number of allylic oxidation sites excluding steroid dienone is 6. The summed E-state index contributed by atoms with van der Waals surface area (Å²) in [6.07, 6.45) is 23.0. The van der Waals surface area contributed by atoms with Gasteiger partial charge in [-0.25, -0.2) is 0 Å². The van der Waals surface area contributed by atoms with Gasteiger partial charge < -0.3 is 9.90 Å². The maximum atomic E-state index is 10.2. The van der Waals surface area contributed by atoms with Crippen LogP contribution in [0.4, 0.5) is 0 Å². The second kappa shape index (κ2) is 19.4. The van der Waals surface area contributed by atoms with E-state index in [4.69, 9.17) is 0 Å². The van der Waals surface area contributed by atoms with E-state index in [1.165, 1.54) is 12.8 Å². The van der Waals surface area contributed by atoms with Crippen molar-refractivity contribution in [1.82, 2.24) is 0 Å². The Balaban J connectivity index is 0. The SMILES string of the molecule is CC/C=C\C/C=C\C/C=C\CCCCCCCC(=O)[O-].[Ag+]. The third-order valence-corrected chi connectivity index (χ3v) is 3.03. The van der Waals surface area contributed by atoms with E-state index in [9.17, 15) is 9.90 Å². The Morgan fingerprint density at radius 3 is 1.95 bits per heavy atom. The molecule has 0 spiro atoms. The molecule has 0 aliphatic carbocycles. The molecule has 0 rings (SSSR count).